The predicted molar refractivity (Wildman–Crippen MR) is 69.2 cm³/mol. The van der Waals surface area contributed by atoms with Gasteiger partial charge < -0.3 is 10.5 Å². The van der Waals surface area contributed by atoms with Gasteiger partial charge in [-0.2, -0.15) is 0 Å². The van der Waals surface area contributed by atoms with Crippen LogP contribution >= 0.6 is 0 Å². The van der Waals surface area contributed by atoms with Crippen molar-refractivity contribution in [3.05, 3.63) is 29.3 Å². The molecule has 0 aliphatic heterocycles. The molecule has 2 aliphatic carbocycles. The molecule has 92 valence electrons. The minimum atomic E-state index is 0.235. The summed E-state index contributed by atoms with van der Waals surface area (Å²) in [6.45, 7) is 0. The molecule has 1 unspecified atom stereocenters. The molecule has 1 aromatic carbocycles. The Morgan fingerprint density at radius 3 is 2.71 bits per heavy atom. The average molecular weight is 231 g/mol. The van der Waals surface area contributed by atoms with Gasteiger partial charge in [0, 0.05) is 6.04 Å². The summed E-state index contributed by atoms with van der Waals surface area (Å²) >= 11 is 0. The molecule has 2 nitrogen and oxygen atoms in total. The maximum Gasteiger partial charge on any atom is 0.120 e. The Morgan fingerprint density at radius 2 is 1.88 bits per heavy atom. The van der Waals surface area contributed by atoms with Gasteiger partial charge in [0.05, 0.1) is 6.10 Å². The molecular formula is C15H21NO. The highest BCUT2D eigenvalue weighted by Gasteiger charge is 2.19. The zero-order chi connectivity index (χ0) is 11.7. The molecule has 1 aromatic rings. The quantitative estimate of drug-likeness (QED) is 0.847. The lowest BCUT2D eigenvalue weighted by Gasteiger charge is -2.23. The van der Waals surface area contributed by atoms with Crippen molar-refractivity contribution in [1.29, 1.82) is 0 Å². The fourth-order valence-corrected chi connectivity index (χ4v) is 3.10. The van der Waals surface area contributed by atoms with Gasteiger partial charge in [-0.1, -0.05) is 6.07 Å². The molecule has 0 saturated heterocycles. The molecule has 2 N–H and O–H groups in total. The van der Waals surface area contributed by atoms with Gasteiger partial charge in [-0.25, -0.2) is 0 Å². The summed E-state index contributed by atoms with van der Waals surface area (Å²) < 4.78 is 6.04. The largest absolute Gasteiger partial charge is 0.490 e. The van der Waals surface area contributed by atoms with Gasteiger partial charge in [0.25, 0.3) is 0 Å². The second kappa shape index (κ2) is 4.69. The number of nitrogens with two attached hydrogens (primary N) is 1. The maximum absolute atomic E-state index is 6.12. The summed E-state index contributed by atoms with van der Waals surface area (Å²) in [6.07, 6.45) is 9.01. The number of ether oxygens (including phenoxy) is 1. The van der Waals surface area contributed by atoms with E-state index in [0.29, 0.717) is 6.10 Å². The van der Waals surface area contributed by atoms with E-state index in [1.807, 2.05) is 0 Å². The molecule has 1 atom stereocenters. The van der Waals surface area contributed by atoms with Crippen molar-refractivity contribution in [2.75, 3.05) is 0 Å². The Kier molecular flexibility index (Phi) is 3.06. The third kappa shape index (κ3) is 2.32. The fraction of sp³-hybridized carbons (Fsp3) is 0.600. The Labute approximate surface area is 103 Å². The van der Waals surface area contributed by atoms with Gasteiger partial charge in [-0.05, 0) is 68.2 Å². The van der Waals surface area contributed by atoms with Crippen LogP contribution in [0.5, 0.6) is 5.75 Å². The second-order valence-corrected chi connectivity index (χ2v) is 5.38. The summed E-state index contributed by atoms with van der Waals surface area (Å²) in [5.74, 6) is 1.05. The van der Waals surface area contributed by atoms with Crippen LogP contribution in [0.2, 0.25) is 0 Å². The van der Waals surface area contributed by atoms with E-state index in [-0.39, 0.29) is 6.04 Å². The van der Waals surface area contributed by atoms with Gasteiger partial charge in [0.2, 0.25) is 0 Å². The Balaban J connectivity index is 1.77. The van der Waals surface area contributed by atoms with E-state index in [0.717, 1.165) is 18.6 Å². The average Bonchev–Trinajstić information content (AvgIpc) is 2.82. The first kappa shape index (κ1) is 11.1. The summed E-state index contributed by atoms with van der Waals surface area (Å²) in [7, 11) is 0. The topological polar surface area (TPSA) is 35.2 Å². The molecular weight excluding hydrogens is 210 g/mol. The molecule has 0 spiro atoms. The minimum Gasteiger partial charge on any atom is -0.490 e. The van der Waals surface area contributed by atoms with Crippen molar-refractivity contribution in [2.45, 2.75) is 57.1 Å². The minimum absolute atomic E-state index is 0.235. The van der Waals surface area contributed by atoms with Gasteiger partial charge in [0.15, 0.2) is 0 Å². The summed E-state index contributed by atoms with van der Waals surface area (Å²) in [5, 5.41) is 0. The summed E-state index contributed by atoms with van der Waals surface area (Å²) in [4.78, 5) is 0. The highest BCUT2D eigenvalue weighted by atomic mass is 16.5. The van der Waals surface area contributed by atoms with Crippen LogP contribution in [0.15, 0.2) is 18.2 Å². The molecule has 0 aromatic heterocycles. The van der Waals surface area contributed by atoms with E-state index in [1.54, 1.807) is 0 Å². The maximum atomic E-state index is 6.12. The molecule has 2 aliphatic rings. The Morgan fingerprint density at radius 1 is 1.06 bits per heavy atom. The standard InChI is InChI=1S/C15H21NO/c16-15-7-3-4-11-10-13(8-9-14(11)15)17-12-5-1-2-6-12/h8-10,12,15H,1-7,16H2. The van der Waals surface area contributed by atoms with E-state index in [4.69, 9.17) is 10.5 Å². The van der Waals surface area contributed by atoms with E-state index in [9.17, 15) is 0 Å². The third-order valence-corrected chi connectivity index (χ3v) is 4.08. The van der Waals surface area contributed by atoms with Crippen LogP contribution in [0.3, 0.4) is 0 Å². The van der Waals surface area contributed by atoms with Gasteiger partial charge in [0.1, 0.15) is 5.75 Å². The van der Waals surface area contributed by atoms with Crippen molar-refractivity contribution < 1.29 is 4.74 Å². The number of hydrogen-bond acceptors (Lipinski definition) is 2. The molecule has 0 bridgehead atoms. The van der Waals surface area contributed by atoms with Crippen LogP contribution in [0, 0.1) is 0 Å². The molecule has 2 heteroatoms. The lowest BCUT2D eigenvalue weighted by atomic mass is 9.88. The normalized spacial score (nSPS) is 24.6. The highest BCUT2D eigenvalue weighted by molar-refractivity contribution is 5.39. The van der Waals surface area contributed by atoms with E-state index >= 15 is 0 Å². The SMILES string of the molecule is NC1CCCc2cc(OC3CCCC3)ccc21. The van der Waals surface area contributed by atoms with Crippen molar-refractivity contribution in [2.24, 2.45) is 5.73 Å². The van der Waals surface area contributed by atoms with Crippen molar-refractivity contribution >= 4 is 0 Å². The molecule has 1 fully saturated rings. The molecule has 1 saturated carbocycles. The molecule has 17 heavy (non-hydrogen) atoms. The second-order valence-electron chi connectivity index (χ2n) is 5.38. The Bertz CT molecular complexity index is 396. The summed E-state index contributed by atoms with van der Waals surface area (Å²) in [6, 6.07) is 6.72. The molecule has 3 rings (SSSR count). The number of aryl methyl sites for hydroxylation is 1. The number of benzene rings is 1. The number of rotatable bonds is 2. The zero-order valence-electron chi connectivity index (χ0n) is 10.3. The fourth-order valence-electron chi connectivity index (χ4n) is 3.10. The molecule has 0 radical (unpaired) electrons. The van der Waals surface area contributed by atoms with Gasteiger partial charge in [-0.3, -0.25) is 0 Å². The van der Waals surface area contributed by atoms with Crippen LogP contribution in [-0.2, 0) is 6.42 Å². The van der Waals surface area contributed by atoms with Crippen LogP contribution in [0.4, 0.5) is 0 Å². The van der Waals surface area contributed by atoms with Crippen molar-refractivity contribution in [3.8, 4) is 5.75 Å². The Hall–Kier alpha value is -1.02. The van der Waals surface area contributed by atoms with Crippen LogP contribution in [0.1, 0.15) is 55.7 Å². The van der Waals surface area contributed by atoms with Crippen molar-refractivity contribution in [3.63, 3.8) is 0 Å². The molecule has 0 amide bonds. The van der Waals surface area contributed by atoms with E-state index in [2.05, 4.69) is 18.2 Å². The highest BCUT2D eigenvalue weighted by Crippen LogP contribution is 2.32. The third-order valence-electron chi connectivity index (χ3n) is 4.08. The van der Waals surface area contributed by atoms with Crippen LogP contribution in [0.25, 0.3) is 0 Å². The first-order chi connectivity index (χ1) is 8.33. The number of fused-ring (bicyclic) bond motifs is 1. The lowest BCUT2D eigenvalue weighted by Crippen LogP contribution is -2.18. The monoisotopic (exact) mass is 231 g/mol. The molecule has 0 heterocycles. The smallest absolute Gasteiger partial charge is 0.120 e. The summed E-state index contributed by atoms with van der Waals surface area (Å²) in [5.41, 5.74) is 8.85. The van der Waals surface area contributed by atoms with Gasteiger partial charge >= 0.3 is 0 Å². The van der Waals surface area contributed by atoms with E-state index < -0.39 is 0 Å². The van der Waals surface area contributed by atoms with Gasteiger partial charge in [-0.15, -0.1) is 0 Å². The predicted octanol–water partition coefficient (Wildman–Crippen LogP) is 3.34. The van der Waals surface area contributed by atoms with Crippen molar-refractivity contribution in [1.82, 2.24) is 0 Å². The van der Waals surface area contributed by atoms with Crippen LogP contribution in [-0.4, -0.2) is 6.10 Å². The first-order valence-electron chi connectivity index (χ1n) is 6.88. The zero-order valence-corrected chi connectivity index (χ0v) is 10.3. The number of hydrogen-bond donors (Lipinski definition) is 1. The lowest BCUT2D eigenvalue weighted by molar-refractivity contribution is 0.209. The van der Waals surface area contributed by atoms with Crippen LogP contribution < -0.4 is 10.5 Å². The first-order valence-corrected chi connectivity index (χ1v) is 6.88. The van der Waals surface area contributed by atoms with E-state index in [1.165, 1.54) is 43.2 Å².